The first-order chi connectivity index (χ1) is 8.38. The van der Waals surface area contributed by atoms with Crippen molar-refractivity contribution in [2.24, 2.45) is 0 Å². The molecule has 5 heteroatoms. The van der Waals surface area contributed by atoms with E-state index in [0.717, 1.165) is 63.8 Å². The molecule has 0 unspecified atom stereocenters. The van der Waals surface area contributed by atoms with Crippen molar-refractivity contribution in [2.45, 2.75) is 26.4 Å². The van der Waals surface area contributed by atoms with Crippen LogP contribution in [0, 0.1) is 0 Å². The molecule has 0 aromatic carbocycles. The van der Waals surface area contributed by atoms with Crippen LogP contribution in [-0.4, -0.2) is 42.9 Å². The molecule has 1 aromatic rings. The molecule has 0 amide bonds. The van der Waals surface area contributed by atoms with Crippen molar-refractivity contribution in [2.75, 3.05) is 32.8 Å². The number of ether oxygens (including phenoxy) is 1. The predicted octanol–water partition coefficient (Wildman–Crippen LogP) is 1.01. The molecule has 1 aromatic heterocycles. The third-order valence-corrected chi connectivity index (χ3v) is 2.86. The zero-order chi connectivity index (χ0) is 11.9. The topological polar surface area (TPSA) is 50.5 Å². The molecule has 96 valence electrons. The molecule has 17 heavy (non-hydrogen) atoms. The van der Waals surface area contributed by atoms with Gasteiger partial charge in [0, 0.05) is 32.3 Å². The van der Waals surface area contributed by atoms with Gasteiger partial charge in [0.2, 0.25) is 0 Å². The molecule has 0 saturated carbocycles. The molecule has 1 saturated heterocycles. The van der Waals surface area contributed by atoms with E-state index in [0.29, 0.717) is 0 Å². The molecule has 0 radical (unpaired) electrons. The van der Waals surface area contributed by atoms with E-state index in [9.17, 15) is 0 Å². The third kappa shape index (κ3) is 4.11. The van der Waals surface area contributed by atoms with Gasteiger partial charge in [-0.25, -0.2) is 0 Å². The molecule has 1 aliphatic rings. The Morgan fingerprint density at radius 3 is 3.24 bits per heavy atom. The van der Waals surface area contributed by atoms with E-state index >= 15 is 0 Å². The lowest BCUT2D eigenvalue weighted by Crippen LogP contribution is -2.25. The lowest BCUT2D eigenvalue weighted by molar-refractivity contribution is 0.138. The van der Waals surface area contributed by atoms with E-state index in [1.54, 1.807) is 0 Å². The average Bonchev–Trinajstić information content (AvgIpc) is 2.61. The average molecular weight is 239 g/mol. The van der Waals surface area contributed by atoms with E-state index in [-0.39, 0.29) is 0 Å². The van der Waals surface area contributed by atoms with Gasteiger partial charge in [-0.05, 0) is 13.0 Å². The van der Waals surface area contributed by atoms with E-state index in [1.807, 2.05) is 6.07 Å². The van der Waals surface area contributed by atoms with Crippen molar-refractivity contribution in [3.05, 3.63) is 17.5 Å². The Morgan fingerprint density at radius 2 is 2.35 bits per heavy atom. The van der Waals surface area contributed by atoms with Gasteiger partial charge < -0.3 is 14.6 Å². The number of aromatic nitrogens is 1. The summed E-state index contributed by atoms with van der Waals surface area (Å²) in [5.74, 6) is 0.944. The van der Waals surface area contributed by atoms with Gasteiger partial charge in [-0.15, -0.1) is 0 Å². The summed E-state index contributed by atoms with van der Waals surface area (Å²) in [4.78, 5) is 2.35. The highest BCUT2D eigenvalue weighted by Crippen LogP contribution is 2.09. The van der Waals surface area contributed by atoms with Gasteiger partial charge in [-0.3, -0.25) is 4.90 Å². The van der Waals surface area contributed by atoms with Crippen LogP contribution in [0.3, 0.4) is 0 Å². The lowest BCUT2D eigenvalue weighted by Gasteiger charge is -2.16. The molecule has 0 atom stereocenters. The molecule has 1 fully saturated rings. The second-order valence-electron chi connectivity index (χ2n) is 4.31. The Hall–Kier alpha value is -0.910. The normalized spacial score (nSPS) is 18.2. The van der Waals surface area contributed by atoms with Crippen molar-refractivity contribution in [1.82, 2.24) is 15.4 Å². The number of hydrogen-bond acceptors (Lipinski definition) is 5. The SMILES string of the molecule is CCNCc1cc(CN2CCCOCC2)on1. The Labute approximate surface area is 102 Å². The van der Waals surface area contributed by atoms with Crippen LogP contribution in [0.15, 0.2) is 10.6 Å². The number of rotatable bonds is 5. The molecule has 5 nitrogen and oxygen atoms in total. The van der Waals surface area contributed by atoms with Crippen LogP contribution in [-0.2, 0) is 17.8 Å². The molecule has 1 aliphatic heterocycles. The standard InChI is InChI=1S/C12H21N3O2/c1-2-13-9-11-8-12(17-14-11)10-15-4-3-6-16-7-5-15/h8,13H,2-7,9-10H2,1H3. The first kappa shape index (κ1) is 12.5. The molecule has 1 N–H and O–H groups in total. The van der Waals surface area contributed by atoms with Gasteiger partial charge in [0.25, 0.3) is 0 Å². The minimum absolute atomic E-state index is 0.781. The first-order valence-corrected chi connectivity index (χ1v) is 6.34. The van der Waals surface area contributed by atoms with Crippen molar-refractivity contribution in [1.29, 1.82) is 0 Å². The smallest absolute Gasteiger partial charge is 0.151 e. The van der Waals surface area contributed by atoms with Crippen LogP contribution >= 0.6 is 0 Å². The van der Waals surface area contributed by atoms with Crippen molar-refractivity contribution >= 4 is 0 Å². The van der Waals surface area contributed by atoms with Gasteiger partial charge in [-0.1, -0.05) is 12.1 Å². The molecule has 0 bridgehead atoms. The van der Waals surface area contributed by atoms with E-state index in [4.69, 9.17) is 9.26 Å². The maximum absolute atomic E-state index is 5.42. The summed E-state index contributed by atoms with van der Waals surface area (Å²) in [6.45, 7) is 8.39. The van der Waals surface area contributed by atoms with Crippen LogP contribution in [0.25, 0.3) is 0 Å². The van der Waals surface area contributed by atoms with Crippen molar-refractivity contribution in [3.63, 3.8) is 0 Å². The van der Waals surface area contributed by atoms with Crippen LogP contribution in [0.1, 0.15) is 24.8 Å². The van der Waals surface area contributed by atoms with Crippen LogP contribution in [0.2, 0.25) is 0 Å². The highest BCUT2D eigenvalue weighted by Gasteiger charge is 2.12. The summed E-state index contributed by atoms with van der Waals surface area (Å²) < 4.78 is 10.8. The molecule has 2 heterocycles. The summed E-state index contributed by atoms with van der Waals surface area (Å²) in [7, 11) is 0. The number of nitrogens with zero attached hydrogens (tertiary/aromatic N) is 2. The van der Waals surface area contributed by atoms with Gasteiger partial charge in [0.15, 0.2) is 5.76 Å². The Morgan fingerprint density at radius 1 is 1.41 bits per heavy atom. The summed E-state index contributed by atoms with van der Waals surface area (Å²) in [5, 5.41) is 7.28. The second kappa shape index (κ2) is 6.74. The summed E-state index contributed by atoms with van der Waals surface area (Å²) in [5.41, 5.74) is 0.980. The molecule has 2 rings (SSSR count). The fourth-order valence-electron chi connectivity index (χ4n) is 1.94. The summed E-state index contributed by atoms with van der Waals surface area (Å²) in [6.07, 6.45) is 1.10. The molecule has 0 spiro atoms. The van der Waals surface area contributed by atoms with Gasteiger partial charge in [-0.2, -0.15) is 0 Å². The first-order valence-electron chi connectivity index (χ1n) is 6.34. The Kier molecular flexibility index (Phi) is 4.97. The van der Waals surface area contributed by atoms with Crippen LogP contribution < -0.4 is 5.32 Å². The third-order valence-electron chi connectivity index (χ3n) is 2.86. The quantitative estimate of drug-likeness (QED) is 0.831. The van der Waals surface area contributed by atoms with Gasteiger partial charge in [0.05, 0.1) is 18.8 Å². The van der Waals surface area contributed by atoms with Crippen molar-refractivity contribution < 1.29 is 9.26 Å². The molecular formula is C12H21N3O2. The largest absolute Gasteiger partial charge is 0.380 e. The Bertz CT molecular complexity index is 319. The second-order valence-corrected chi connectivity index (χ2v) is 4.31. The minimum atomic E-state index is 0.781. The van der Waals surface area contributed by atoms with E-state index < -0.39 is 0 Å². The fourth-order valence-corrected chi connectivity index (χ4v) is 1.94. The predicted molar refractivity (Wildman–Crippen MR) is 64.6 cm³/mol. The molecular weight excluding hydrogens is 218 g/mol. The van der Waals surface area contributed by atoms with Crippen molar-refractivity contribution in [3.8, 4) is 0 Å². The minimum Gasteiger partial charge on any atom is -0.380 e. The van der Waals surface area contributed by atoms with E-state index in [2.05, 4.69) is 22.3 Å². The number of nitrogens with one attached hydrogen (secondary N) is 1. The Balaban J connectivity index is 1.82. The monoisotopic (exact) mass is 239 g/mol. The highest BCUT2D eigenvalue weighted by molar-refractivity contribution is 5.05. The maximum atomic E-state index is 5.42. The maximum Gasteiger partial charge on any atom is 0.151 e. The van der Waals surface area contributed by atoms with Crippen LogP contribution in [0.5, 0.6) is 0 Å². The fraction of sp³-hybridized carbons (Fsp3) is 0.750. The lowest BCUT2D eigenvalue weighted by atomic mass is 10.3. The van der Waals surface area contributed by atoms with Gasteiger partial charge in [0.1, 0.15) is 0 Å². The number of hydrogen-bond donors (Lipinski definition) is 1. The van der Waals surface area contributed by atoms with Crippen LogP contribution in [0.4, 0.5) is 0 Å². The van der Waals surface area contributed by atoms with E-state index in [1.165, 1.54) is 0 Å². The zero-order valence-electron chi connectivity index (χ0n) is 10.4. The van der Waals surface area contributed by atoms with Gasteiger partial charge >= 0.3 is 0 Å². The summed E-state index contributed by atoms with van der Waals surface area (Å²) in [6, 6.07) is 2.04. The zero-order valence-corrected chi connectivity index (χ0v) is 10.4. The molecule has 0 aliphatic carbocycles. The summed E-state index contributed by atoms with van der Waals surface area (Å²) >= 11 is 0. The highest BCUT2D eigenvalue weighted by atomic mass is 16.5.